The molecule has 0 saturated heterocycles. The van der Waals surface area contributed by atoms with Crippen molar-refractivity contribution in [1.29, 1.82) is 0 Å². The average Bonchev–Trinajstić information content (AvgIpc) is 3.18. The first-order chi connectivity index (χ1) is 15.0. The number of amides is 2. The van der Waals surface area contributed by atoms with E-state index < -0.39 is 6.04 Å². The summed E-state index contributed by atoms with van der Waals surface area (Å²) in [4.78, 5) is 29.9. The van der Waals surface area contributed by atoms with Gasteiger partial charge in [-0.15, -0.1) is 11.3 Å². The number of benzene rings is 2. The Kier molecular flexibility index (Phi) is 8.00. The van der Waals surface area contributed by atoms with E-state index in [4.69, 9.17) is 4.74 Å². The van der Waals surface area contributed by atoms with Crippen LogP contribution in [0.5, 0.6) is 5.75 Å². The second-order valence-corrected chi connectivity index (χ2v) is 8.74. The number of fused-ring (bicyclic) bond motifs is 1. The van der Waals surface area contributed by atoms with Crippen molar-refractivity contribution in [1.82, 2.24) is 15.6 Å². The summed E-state index contributed by atoms with van der Waals surface area (Å²) in [7, 11) is 0. The van der Waals surface area contributed by atoms with E-state index in [9.17, 15) is 9.59 Å². The minimum Gasteiger partial charge on any atom is -0.494 e. The van der Waals surface area contributed by atoms with Gasteiger partial charge in [-0.25, -0.2) is 4.98 Å². The Morgan fingerprint density at radius 2 is 1.84 bits per heavy atom. The van der Waals surface area contributed by atoms with Crippen molar-refractivity contribution in [3.05, 3.63) is 59.1 Å². The van der Waals surface area contributed by atoms with Crippen molar-refractivity contribution in [2.75, 3.05) is 13.2 Å². The van der Waals surface area contributed by atoms with Crippen LogP contribution in [0.4, 0.5) is 0 Å². The summed E-state index contributed by atoms with van der Waals surface area (Å²) in [6, 6.07) is 14.4. The molecule has 31 heavy (non-hydrogen) atoms. The number of aromatic nitrogens is 1. The van der Waals surface area contributed by atoms with Crippen molar-refractivity contribution in [2.24, 2.45) is 5.92 Å². The van der Waals surface area contributed by atoms with E-state index in [2.05, 4.69) is 21.7 Å². The minimum atomic E-state index is -0.596. The summed E-state index contributed by atoms with van der Waals surface area (Å²) in [6.45, 7) is 6.86. The van der Waals surface area contributed by atoms with Gasteiger partial charge in [-0.1, -0.05) is 26.0 Å². The molecule has 0 saturated carbocycles. The smallest absolute Gasteiger partial charge is 0.251 e. The molecule has 2 aromatic carbocycles. The van der Waals surface area contributed by atoms with Crippen LogP contribution in [0.3, 0.4) is 0 Å². The zero-order chi connectivity index (χ0) is 22.2. The number of hydrogen-bond donors (Lipinski definition) is 2. The number of carbonyl (C=O) groups excluding carboxylic acids is 2. The van der Waals surface area contributed by atoms with Crippen molar-refractivity contribution in [3.63, 3.8) is 0 Å². The zero-order valence-electron chi connectivity index (χ0n) is 18.2. The summed E-state index contributed by atoms with van der Waals surface area (Å²) in [6.07, 6.45) is 1.60. The summed E-state index contributed by atoms with van der Waals surface area (Å²) in [5.74, 6) is 0.242. The molecule has 2 amide bonds. The van der Waals surface area contributed by atoms with Crippen molar-refractivity contribution < 1.29 is 14.3 Å². The van der Waals surface area contributed by atoms with Crippen LogP contribution >= 0.6 is 11.3 Å². The Balaban J connectivity index is 1.49. The first-order valence-corrected chi connectivity index (χ1v) is 11.5. The largest absolute Gasteiger partial charge is 0.494 e. The van der Waals surface area contributed by atoms with E-state index in [1.807, 2.05) is 39.0 Å². The van der Waals surface area contributed by atoms with Gasteiger partial charge in [0.1, 0.15) is 11.8 Å². The Morgan fingerprint density at radius 1 is 1.10 bits per heavy atom. The molecule has 0 bridgehead atoms. The van der Waals surface area contributed by atoms with Crippen LogP contribution in [0.15, 0.2) is 48.5 Å². The van der Waals surface area contributed by atoms with Gasteiger partial charge in [0.25, 0.3) is 5.91 Å². The number of hydrogen-bond acceptors (Lipinski definition) is 5. The van der Waals surface area contributed by atoms with Crippen LogP contribution in [-0.2, 0) is 11.2 Å². The first-order valence-electron chi connectivity index (χ1n) is 10.6. The second kappa shape index (κ2) is 10.9. The molecule has 0 aliphatic heterocycles. The van der Waals surface area contributed by atoms with Gasteiger partial charge in [0, 0.05) is 18.5 Å². The fourth-order valence-electron chi connectivity index (χ4n) is 3.22. The summed E-state index contributed by atoms with van der Waals surface area (Å²) >= 11 is 1.69. The number of aryl methyl sites for hydroxylation is 1. The van der Waals surface area contributed by atoms with Crippen molar-refractivity contribution >= 4 is 33.4 Å². The van der Waals surface area contributed by atoms with E-state index in [-0.39, 0.29) is 17.7 Å². The average molecular weight is 440 g/mol. The molecule has 3 aromatic rings. The Morgan fingerprint density at radius 3 is 2.52 bits per heavy atom. The molecule has 3 rings (SSSR count). The number of ether oxygens (including phenoxy) is 1. The molecule has 1 aromatic heterocycles. The number of thiazole rings is 1. The van der Waals surface area contributed by atoms with E-state index in [1.165, 1.54) is 4.70 Å². The van der Waals surface area contributed by atoms with Crippen molar-refractivity contribution in [3.8, 4) is 5.75 Å². The number of nitrogens with zero attached hydrogens (tertiary/aromatic N) is 1. The van der Waals surface area contributed by atoms with Crippen LogP contribution in [-0.4, -0.2) is 36.0 Å². The topological polar surface area (TPSA) is 80.3 Å². The third kappa shape index (κ3) is 6.28. The van der Waals surface area contributed by atoms with E-state index in [0.717, 1.165) is 23.4 Å². The van der Waals surface area contributed by atoms with E-state index >= 15 is 0 Å². The summed E-state index contributed by atoms with van der Waals surface area (Å²) < 4.78 is 6.58. The molecule has 0 fully saturated rings. The molecular formula is C24H29N3O3S. The molecule has 0 radical (unpaired) electrons. The Hall–Kier alpha value is -2.93. The standard InChI is InChI=1S/C24H29N3O3S/c1-4-30-18-13-11-17(12-14-18)23(28)27-22(16(2)3)24(29)25-15-7-10-21-26-19-8-5-6-9-20(19)31-21/h5-6,8-9,11-14,16,22H,4,7,10,15H2,1-3H3,(H,25,29)(H,27,28). The predicted molar refractivity (Wildman–Crippen MR) is 125 cm³/mol. The fraction of sp³-hybridized carbons (Fsp3) is 0.375. The lowest BCUT2D eigenvalue weighted by Crippen LogP contribution is -2.49. The number of nitrogens with one attached hydrogen (secondary N) is 2. The molecule has 6 nitrogen and oxygen atoms in total. The molecule has 1 heterocycles. The van der Waals surface area contributed by atoms with Gasteiger partial charge in [0.05, 0.1) is 21.8 Å². The fourth-order valence-corrected chi connectivity index (χ4v) is 4.23. The quantitative estimate of drug-likeness (QED) is 0.464. The van der Waals surface area contributed by atoms with Crippen LogP contribution in [0, 0.1) is 5.92 Å². The van der Waals surface area contributed by atoms with E-state index in [1.54, 1.807) is 35.6 Å². The molecular weight excluding hydrogens is 410 g/mol. The highest BCUT2D eigenvalue weighted by molar-refractivity contribution is 7.18. The maximum Gasteiger partial charge on any atom is 0.251 e. The molecule has 1 atom stereocenters. The minimum absolute atomic E-state index is 0.0316. The molecule has 0 spiro atoms. The van der Waals surface area contributed by atoms with Crippen LogP contribution in [0.2, 0.25) is 0 Å². The third-order valence-electron chi connectivity index (χ3n) is 4.87. The van der Waals surface area contributed by atoms with Gasteiger partial charge in [-0.3, -0.25) is 9.59 Å². The molecule has 2 N–H and O–H groups in total. The second-order valence-electron chi connectivity index (χ2n) is 7.62. The normalized spacial score (nSPS) is 12.0. The van der Waals surface area contributed by atoms with Crippen molar-refractivity contribution in [2.45, 2.75) is 39.7 Å². The van der Waals surface area contributed by atoms with Crippen LogP contribution in [0.25, 0.3) is 10.2 Å². The summed E-state index contributed by atoms with van der Waals surface area (Å²) in [5.41, 5.74) is 1.51. The number of para-hydroxylation sites is 1. The lowest BCUT2D eigenvalue weighted by Gasteiger charge is -2.21. The molecule has 1 unspecified atom stereocenters. The first kappa shape index (κ1) is 22.7. The SMILES string of the molecule is CCOc1ccc(C(=O)NC(C(=O)NCCCc2nc3ccccc3s2)C(C)C)cc1. The summed E-state index contributed by atoms with van der Waals surface area (Å²) in [5, 5.41) is 6.88. The highest BCUT2D eigenvalue weighted by Crippen LogP contribution is 2.22. The van der Waals surface area contributed by atoms with Gasteiger partial charge >= 0.3 is 0 Å². The van der Waals surface area contributed by atoms with Gasteiger partial charge in [-0.05, 0) is 55.7 Å². The van der Waals surface area contributed by atoms with Gasteiger partial charge < -0.3 is 15.4 Å². The third-order valence-corrected chi connectivity index (χ3v) is 5.96. The number of rotatable bonds is 10. The van der Waals surface area contributed by atoms with Gasteiger partial charge in [0.2, 0.25) is 5.91 Å². The predicted octanol–water partition coefficient (Wildman–Crippen LogP) is 4.20. The molecule has 0 aliphatic rings. The van der Waals surface area contributed by atoms with Gasteiger partial charge in [0.15, 0.2) is 0 Å². The maximum atomic E-state index is 12.7. The highest BCUT2D eigenvalue weighted by Gasteiger charge is 2.24. The highest BCUT2D eigenvalue weighted by atomic mass is 32.1. The lowest BCUT2D eigenvalue weighted by atomic mass is 10.0. The molecule has 7 heteroatoms. The molecule has 0 aliphatic carbocycles. The zero-order valence-corrected chi connectivity index (χ0v) is 19.0. The lowest BCUT2D eigenvalue weighted by molar-refractivity contribution is -0.123. The number of carbonyl (C=O) groups is 2. The maximum absolute atomic E-state index is 12.7. The molecule has 164 valence electrons. The Bertz CT molecular complexity index is 981. The monoisotopic (exact) mass is 439 g/mol. The van der Waals surface area contributed by atoms with Crippen LogP contribution in [0.1, 0.15) is 42.6 Å². The Labute approximate surface area is 187 Å². The van der Waals surface area contributed by atoms with Gasteiger partial charge in [-0.2, -0.15) is 0 Å². The van der Waals surface area contributed by atoms with E-state index in [0.29, 0.717) is 24.5 Å². The van der Waals surface area contributed by atoms with Crippen LogP contribution < -0.4 is 15.4 Å².